The third kappa shape index (κ3) is 58.5. The Bertz CT molecular complexity index is 1870. The predicted molar refractivity (Wildman–Crippen MR) is 340 cm³/mol. The first-order chi connectivity index (χ1) is 42.7. The minimum atomic E-state index is -0.979. The smallest absolute Gasteiger partial charge is 0.378 e. The lowest BCUT2D eigenvalue weighted by molar-refractivity contribution is -0.167. The van der Waals surface area contributed by atoms with Gasteiger partial charge in [0.15, 0.2) is 12.2 Å². The summed E-state index contributed by atoms with van der Waals surface area (Å²) in [5, 5.41) is 0. The molecule has 0 saturated carbocycles. The number of esters is 8. The van der Waals surface area contributed by atoms with Gasteiger partial charge in [0, 0.05) is 57.8 Å². The first kappa shape index (κ1) is 82.8. The van der Waals surface area contributed by atoms with Crippen LogP contribution in [0.15, 0.2) is 24.3 Å². The Kier molecular flexibility index (Phi) is 58.3. The van der Waals surface area contributed by atoms with Gasteiger partial charge in [0.1, 0.15) is 26.4 Å². The molecule has 2 unspecified atom stereocenters. The van der Waals surface area contributed by atoms with Crippen LogP contribution >= 0.6 is 0 Å². The first-order valence-corrected chi connectivity index (χ1v) is 34.3. The molecule has 0 N–H and O–H groups in total. The van der Waals surface area contributed by atoms with Gasteiger partial charge in [0.05, 0.1) is 13.2 Å². The van der Waals surface area contributed by atoms with Crippen LogP contribution in [0.2, 0.25) is 0 Å². The zero-order valence-corrected chi connectivity index (χ0v) is 55.0. The summed E-state index contributed by atoms with van der Waals surface area (Å²) in [4.78, 5) is 112. The quantitative estimate of drug-likeness (QED) is 0.0181. The standard InChI is InChI=1S/C69H117BO18/c1-5-8-11-12-13-19-30-41-58(4)42-31-20-14-21-34-45-63(73)82-54-59(87-68(78)50-39-28-18-29-40-51-69(79)88-70)55-84-65(75)47-36-25-16-26-37-48-66(76)85-57-60(86-67(77)49-38-27-17-23-33-44-62(72)81-53-10-7-3)56-83-64(74)46-35-24-15-22-32-43-61(71)80-52-9-6-2/h11-12,59-60H,4-10,13-57H2,1-3H3/b12-11+. The van der Waals surface area contributed by atoms with E-state index in [0.29, 0.717) is 90.3 Å². The summed E-state index contributed by atoms with van der Waals surface area (Å²) in [6.45, 7) is 10.4. The summed E-state index contributed by atoms with van der Waals surface area (Å²) in [7, 11) is 4.89. The number of carbonyl (C=O) groups excluding carboxylic acids is 9. The molecule has 0 aliphatic rings. The number of unbranched alkanes of at least 4 members (excludes halogenated alkanes) is 25. The molecule has 2 radical (unpaired) electrons. The van der Waals surface area contributed by atoms with Crippen molar-refractivity contribution in [1.29, 1.82) is 0 Å². The molecule has 19 heteroatoms. The van der Waals surface area contributed by atoms with E-state index in [4.69, 9.17) is 45.9 Å². The number of hydrogen-bond donors (Lipinski definition) is 0. The highest BCUT2D eigenvalue weighted by Crippen LogP contribution is 2.18. The van der Waals surface area contributed by atoms with Gasteiger partial charge >= 0.3 is 55.8 Å². The van der Waals surface area contributed by atoms with E-state index in [1.807, 2.05) is 13.8 Å². The third-order valence-corrected chi connectivity index (χ3v) is 14.7. The average molecular weight is 1250 g/mol. The van der Waals surface area contributed by atoms with Crippen LogP contribution in [-0.2, 0) is 85.7 Å². The van der Waals surface area contributed by atoms with Crippen molar-refractivity contribution in [2.24, 2.45) is 0 Å². The molecule has 0 heterocycles. The van der Waals surface area contributed by atoms with Gasteiger partial charge < -0.3 is 42.5 Å². The Hall–Kier alpha value is -5.23. The second-order valence-corrected chi connectivity index (χ2v) is 23.2. The van der Waals surface area contributed by atoms with Crippen molar-refractivity contribution in [1.82, 2.24) is 0 Å². The second kappa shape index (κ2) is 62.0. The highest BCUT2D eigenvalue weighted by Gasteiger charge is 2.22. The monoisotopic (exact) mass is 1240 g/mol. The molecule has 0 aromatic heterocycles. The summed E-state index contributed by atoms with van der Waals surface area (Å²) >= 11 is 0. The molecule has 0 amide bonds. The average Bonchev–Trinajstić information content (AvgIpc) is 3.52. The van der Waals surface area contributed by atoms with Gasteiger partial charge in [-0.3, -0.25) is 43.2 Å². The maximum atomic E-state index is 12.9. The van der Waals surface area contributed by atoms with Crippen molar-refractivity contribution in [3.63, 3.8) is 0 Å². The largest absolute Gasteiger partial charge is 0.543 e. The number of hydrogen-bond acceptors (Lipinski definition) is 18. The molecule has 0 rings (SSSR count). The van der Waals surface area contributed by atoms with E-state index in [9.17, 15) is 43.2 Å². The summed E-state index contributed by atoms with van der Waals surface area (Å²) in [5.74, 6) is -3.64. The lowest BCUT2D eigenvalue weighted by atomic mass is 10.0. The number of rotatable bonds is 63. The van der Waals surface area contributed by atoms with Crippen molar-refractivity contribution in [3.05, 3.63) is 24.3 Å². The van der Waals surface area contributed by atoms with Crippen molar-refractivity contribution >= 4 is 61.8 Å². The summed E-state index contributed by atoms with van der Waals surface area (Å²) < 4.78 is 47.8. The SMILES string of the molecule is [B]OC(=O)CCCCCCCC(=O)OC(COC(=O)CCCCCCCC(=C)CCCC/C=C/CCC)COC(=O)CCCCCCCC(=O)OCC(COC(=O)CCCCCCCC(=O)OCCCC)OC(=O)CCCCCCCC(=O)OCCCC. The molecule has 0 aliphatic heterocycles. The zero-order valence-electron chi connectivity index (χ0n) is 55.0. The maximum Gasteiger partial charge on any atom is 0.378 e. The van der Waals surface area contributed by atoms with Crippen molar-refractivity contribution in [2.45, 2.75) is 322 Å². The van der Waals surface area contributed by atoms with Crippen molar-refractivity contribution < 1.29 is 85.7 Å². The molecule has 18 nitrogen and oxygen atoms in total. The van der Waals surface area contributed by atoms with E-state index in [-0.39, 0.29) is 83.3 Å². The Labute approximate surface area is 531 Å². The Morgan fingerprint density at radius 2 is 0.545 bits per heavy atom. The Morgan fingerprint density at radius 1 is 0.295 bits per heavy atom. The fraction of sp³-hybridized carbons (Fsp3) is 0.812. The second-order valence-electron chi connectivity index (χ2n) is 23.2. The third-order valence-electron chi connectivity index (χ3n) is 14.7. The molecule has 504 valence electrons. The maximum absolute atomic E-state index is 12.9. The van der Waals surface area contributed by atoms with Gasteiger partial charge in [-0.25, -0.2) is 0 Å². The minimum absolute atomic E-state index is 0.117. The summed E-state index contributed by atoms with van der Waals surface area (Å²) in [5.41, 5.74) is 1.31. The van der Waals surface area contributed by atoms with E-state index in [0.717, 1.165) is 148 Å². The van der Waals surface area contributed by atoms with Crippen LogP contribution in [0.25, 0.3) is 0 Å². The highest BCUT2D eigenvalue weighted by atomic mass is 16.6. The number of carbonyl (C=O) groups is 9. The summed E-state index contributed by atoms with van der Waals surface area (Å²) in [6.07, 6.45) is 35.0. The van der Waals surface area contributed by atoms with Crippen LogP contribution in [0.5, 0.6) is 0 Å². The van der Waals surface area contributed by atoms with E-state index in [1.165, 1.54) is 24.8 Å². The highest BCUT2D eigenvalue weighted by molar-refractivity contribution is 6.05. The molecule has 0 aliphatic carbocycles. The molecule has 0 spiro atoms. The fourth-order valence-corrected chi connectivity index (χ4v) is 9.23. The van der Waals surface area contributed by atoms with Crippen LogP contribution in [0.4, 0.5) is 0 Å². The van der Waals surface area contributed by atoms with Crippen LogP contribution in [0.1, 0.15) is 310 Å². The van der Waals surface area contributed by atoms with E-state index < -0.39 is 54.0 Å². The Morgan fingerprint density at radius 3 is 0.841 bits per heavy atom. The fourth-order valence-electron chi connectivity index (χ4n) is 9.23. The molecule has 0 fully saturated rings. The van der Waals surface area contributed by atoms with Crippen molar-refractivity contribution in [2.75, 3.05) is 39.6 Å². The van der Waals surface area contributed by atoms with Crippen LogP contribution in [-0.4, -0.2) is 114 Å². The number of allylic oxidation sites excluding steroid dienone is 3. The lowest BCUT2D eigenvalue weighted by Gasteiger charge is -2.18. The molecule has 0 saturated heterocycles. The van der Waals surface area contributed by atoms with Gasteiger partial charge in [0.2, 0.25) is 0 Å². The molecule has 0 bridgehead atoms. The molecule has 0 aromatic rings. The van der Waals surface area contributed by atoms with Gasteiger partial charge in [-0.05, 0) is 116 Å². The molecule has 0 aromatic carbocycles. The van der Waals surface area contributed by atoms with E-state index in [2.05, 4.69) is 30.3 Å². The lowest BCUT2D eigenvalue weighted by Crippen LogP contribution is -2.30. The van der Waals surface area contributed by atoms with Crippen LogP contribution in [0.3, 0.4) is 0 Å². The molecule has 88 heavy (non-hydrogen) atoms. The van der Waals surface area contributed by atoms with Gasteiger partial charge in [-0.1, -0.05) is 161 Å². The first-order valence-electron chi connectivity index (χ1n) is 34.3. The van der Waals surface area contributed by atoms with Gasteiger partial charge in [-0.2, -0.15) is 0 Å². The zero-order chi connectivity index (χ0) is 64.8. The normalized spacial score (nSPS) is 11.8. The van der Waals surface area contributed by atoms with Crippen LogP contribution < -0.4 is 0 Å². The Balaban J connectivity index is 4.92. The molecule has 2 atom stereocenters. The van der Waals surface area contributed by atoms with E-state index >= 15 is 0 Å². The molecular weight excluding hydrogens is 1130 g/mol. The molecular formula is C69H117BO18. The van der Waals surface area contributed by atoms with Gasteiger partial charge in [-0.15, -0.1) is 0 Å². The van der Waals surface area contributed by atoms with Crippen LogP contribution in [0, 0.1) is 0 Å². The van der Waals surface area contributed by atoms with Crippen molar-refractivity contribution in [3.8, 4) is 0 Å². The summed E-state index contributed by atoms with van der Waals surface area (Å²) in [6, 6.07) is 0. The van der Waals surface area contributed by atoms with Gasteiger partial charge in [0.25, 0.3) is 5.97 Å². The van der Waals surface area contributed by atoms with E-state index in [1.54, 1.807) is 0 Å². The topological polar surface area (TPSA) is 237 Å². The minimum Gasteiger partial charge on any atom is -0.543 e. The number of ether oxygens (including phenoxy) is 8. The predicted octanol–water partition coefficient (Wildman–Crippen LogP) is 15.4.